The van der Waals surface area contributed by atoms with Gasteiger partial charge in [0.2, 0.25) is 0 Å². The number of imidazole rings is 1. The van der Waals surface area contributed by atoms with Gasteiger partial charge in [-0.15, -0.1) is 5.10 Å². The van der Waals surface area contributed by atoms with Crippen LogP contribution in [0.3, 0.4) is 0 Å². The van der Waals surface area contributed by atoms with Crippen LogP contribution < -0.4 is 5.32 Å². The second-order valence-electron chi connectivity index (χ2n) is 3.91. The summed E-state index contributed by atoms with van der Waals surface area (Å²) in [7, 11) is 1.77. The SMILES string of the molecule is Cn1cnc(C(=O)NCc2cn(CC(=O)O)nn2)c1. The van der Waals surface area contributed by atoms with Gasteiger partial charge in [0.25, 0.3) is 5.91 Å². The van der Waals surface area contributed by atoms with E-state index in [4.69, 9.17) is 5.11 Å². The predicted octanol–water partition coefficient (Wildman–Crippen LogP) is -0.974. The van der Waals surface area contributed by atoms with Gasteiger partial charge in [-0.05, 0) is 0 Å². The lowest BCUT2D eigenvalue weighted by atomic mass is 10.4. The number of rotatable bonds is 5. The van der Waals surface area contributed by atoms with E-state index in [2.05, 4.69) is 20.6 Å². The first-order chi connectivity index (χ1) is 9.04. The van der Waals surface area contributed by atoms with Gasteiger partial charge >= 0.3 is 5.97 Å². The van der Waals surface area contributed by atoms with Crippen LogP contribution >= 0.6 is 0 Å². The fourth-order valence-electron chi connectivity index (χ4n) is 1.43. The minimum absolute atomic E-state index is 0.162. The molecule has 0 aliphatic carbocycles. The molecule has 2 N–H and O–H groups in total. The summed E-state index contributed by atoms with van der Waals surface area (Å²) < 4.78 is 2.85. The zero-order valence-electron chi connectivity index (χ0n) is 10.1. The second-order valence-corrected chi connectivity index (χ2v) is 3.91. The molecular weight excluding hydrogens is 252 g/mol. The maximum absolute atomic E-state index is 11.7. The van der Waals surface area contributed by atoms with Crippen LogP contribution in [0.15, 0.2) is 18.7 Å². The molecule has 2 rings (SSSR count). The Morgan fingerprint density at radius 3 is 2.84 bits per heavy atom. The van der Waals surface area contributed by atoms with Crippen molar-refractivity contribution in [3.05, 3.63) is 30.1 Å². The Bertz CT molecular complexity index is 602. The summed E-state index contributed by atoms with van der Waals surface area (Å²) >= 11 is 0. The lowest BCUT2D eigenvalue weighted by molar-refractivity contribution is -0.137. The van der Waals surface area contributed by atoms with E-state index < -0.39 is 5.97 Å². The third-order valence-corrected chi connectivity index (χ3v) is 2.25. The third-order valence-electron chi connectivity index (χ3n) is 2.25. The van der Waals surface area contributed by atoms with Crippen LogP contribution in [0.4, 0.5) is 0 Å². The normalized spacial score (nSPS) is 10.4. The number of carbonyl (C=O) groups is 2. The molecule has 2 aromatic heterocycles. The van der Waals surface area contributed by atoms with Crippen LogP contribution in [0.25, 0.3) is 0 Å². The van der Waals surface area contributed by atoms with Crippen molar-refractivity contribution in [1.29, 1.82) is 0 Å². The fraction of sp³-hybridized carbons (Fsp3) is 0.300. The van der Waals surface area contributed by atoms with Crippen molar-refractivity contribution in [3.8, 4) is 0 Å². The first-order valence-corrected chi connectivity index (χ1v) is 5.41. The zero-order valence-corrected chi connectivity index (χ0v) is 10.1. The number of carboxylic acids is 1. The molecule has 0 fully saturated rings. The average molecular weight is 264 g/mol. The molecule has 9 heteroatoms. The molecule has 0 aliphatic rings. The molecule has 1 amide bonds. The van der Waals surface area contributed by atoms with Crippen LogP contribution in [0.5, 0.6) is 0 Å². The van der Waals surface area contributed by atoms with Gasteiger partial charge in [0.05, 0.1) is 19.1 Å². The van der Waals surface area contributed by atoms with E-state index in [1.165, 1.54) is 17.2 Å². The lowest BCUT2D eigenvalue weighted by Crippen LogP contribution is -2.23. The Labute approximate surface area is 107 Å². The quantitative estimate of drug-likeness (QED) is 0.717. The summed E-state index contributed by atoms with van der Waals surface area (Å²) in [6.45, 7) is -0.101. The van der Waals surface area contributed by atoms with Crippen molar-refractivity contribution in [2.24, 2.45) is 7.05 Å². The van der Waals surface area contributed by atoms with Crippen LogP contribution in [0.2, 0.25) is 0 Å². The molecule has 0 unspecified atom stereocenters. The molecule has 0 saturated heterocycles. The summed E-state index contributed by atoms with van der Waals surface area (Å²) in [5.41, 5.74) is 0.783. The molecule has 0 aliphatic heterocycles. The van der Waals surface area contributed by atoms with Crippen molar-refractivity contribution in [2.75, 3.05) is 0 Å². The zero-order chi connectivity index (χ0) is 13.8. The molecule has 0 saturated carbocycles. The minimum Gasteiger partial charge on any atom is -0.480 e. The summed E-state index contributed by atoms with van der Waals surface area (Å²) in [4.78, 5) is 26.0. The monoisotopic (exact) mass is 264 g/mol. The van der Waals surface area contributed by atoms with Crippen molar-refractivity contribution < 1.29 is 14.7 Å². The minimum atomic E-state index is -1.01. The standard InChI is InChI=1S/C10H12N6O3/c1-15-4-8(12-6-15)10(19)11-2-7-3-16(14-13-7)5-9(17)18/h3-4,6H,2,5H2,1H3,(H,11,19)(H,17,18). The number of hydrogen-bond acceptors (Lipinski definition) is 5. The molecule has 0 radical (unpaired) electrons. The van der Waals surface area contributed by atoms with Crippen LogP contribution in [-0.4, -0.2) is 41.5 Å². The second kappa shape index (κ2) is 5.29. The number of nitrogens with one attached hydrogen (secondary N) is 1. The summed E-state index contributed by atoms with van der Waals surface area (Å²) in [6, 6.07) is 0. The summed E-state index contributed by atoms with van der Waals surface area (Å²) in [5.74, 6) is -1.33. The van der Waals surface area contributed by atoms with Crippen LogP contribution in [-0.2, 0) is 24.9 Å². The van der Waals surface area contributed by atoms with Crippen molar-refractivity contribution in [3.63, 3.8) is 0 Å². The number of nitrogens with zero attached hydrogens (tertiary/aromatic N) is 5. The number of aryl methyl sites for hydroxylation is 1. The maximum atomic E-state index is 11.7. The number of aliphatic carboxylic acids is 1. The molecule has 19 heavy (non-hydrogen) atoms. The smallest absolute Gasteiger partial charge is 0.325 e. The van der Waals surface area contributed by atoms with Gasteiger partial charge in [-0.25, -0.2) is 9.67 Å². The fourth-order valence-corrected chi connectivity index (χ4v) is 1.43. The van der Waals surface area contributed by atoms with Gasteiger partial charge in [0.15, 0.2) is 0 Å². The van der Waals surface area contributed by atoms with E-state index in [1.54, 1.807) is 17.8 Å². The molecule has 0 atom stereocenters. The highest BCUT2D eigenvalue weighted by molar-refractivity contribution is 5.91. The van der Waals surface area contributed by atoms with Gasteiger partial charge in [0.1, 0.15) is 17.9 Å². The summed E-state index contributed by atoms with van der Waals surface area (Å²) in [5, 5.41) is 18.6. The van der Waals surface area contributed by atoms with Crippen LogP contribution in [0.1, 0.15) is 16.2 Å². The van der Waals surface area contributed by atoms with E-state index in [0.29, 0.717) is 11.4 Å². The highest BCUT2D eigenvalue weighted by Crippen LogP contribution is 1.96. The molecule has 2 aromatic rings. The number of aromatic nitrogens is 5. The van der Waals surface area contributed by atoms with E-state index in [-0.39, 0.29) is 19.0 Å². The van der Waals surface area contributed by atoms with Crippen molar-refractivity contribution in [1.82, 2.24) is 29.9 Å². The molecule has 2 heterocycles. The lowest BCUT2D eigenvalue weighted by Gasteiger charge is -1.99. The summed E-state index contributed by atoms with van der Waals surface area (Å²) in [6.07, 6.45) is 4.58. The molecule has 9 nitrogen and oxygen atoms in total. The molecule has 0 spiro atoms. The van der Waals surface area contributed by atoms with Gasteiger partial charge in [-0.2, -0.15) is 0 Å². The van der Waals surface area contributed by atoms with Gasteiger partial charge in [-0.3, -0.25) is 9.59 Å². The van der Waals surface area contributed by atoms with Gasteiger partial charge in [0, 0.05) is 13.2 Å². The highest BCUT2D eigenvalue weighted by atomic mass is 16.4. The van der Waals surface area contributed by atoms with Crippen molar-refractivity contribution in [2.45, 2.75) is 13.1 Å². The molecule has 0 aromatic carbocycles. The van der Waals surface area contributed by atoms with Crippen molar-refractivity contribution >= 4 is 11.9 Å². The number of amides is 1. The average Bonchev–Trinajstić information content (AvgIpc) is 2.94. The van der Waals surface area contributed by atoms with E-state index in [1.807, 2.05) is 0 Å². The van der Waals surface area contributed by atoms with Crippen LogP contribution in [0, 0.1) is 0 Å². The Balaban J connectivity index is 1.90. The first-order valence-electron chi connectivity index (χ1n) is 5.41. The van der Waals surface area contributed by atoms with E-state index in [9.17, 15) is 9.59 Å². The maximum Gasteiger partial charge on any atom is 0.325 e. The largest absolute Gasteiger partial charge is 0.480 e. The molecule has 100 valence electrons. The van der Waals surface area contributed by atoms with E-state index >= 15 is 0 Å². The highest BCUT2D eigenvalue weighted by Gasteiger charge is 2.10. The number of carboxylic acid groups (broad SMARTS) is 1. The number of hydrogen-bond donors (Lipinski definition) is 2. The number of carbonyl (C=O) groups excluding carboxylic acids is 1. The Morgan fingerprint density at radius 1 is 1.42 bits per heavy atom. The third kappa shape index (κ3) is 3.37. The van der Waals surface area contributed by atoms with E-state index in [0.717, 1.165) is 0 Å². The van der Waals surface area contributed by atoms with Gasteiger partial charge < -0.3 is 15.0 Å². The Kier molecular flexibility index (Phi) is 3.55. The predicted molar refractivity (Wildman–Crippen MR) is 62.0 cm³/mol. The topological polar surface area (TPSA) is 115 Å². The Hall–Kier alpha value is -2.71. The Morgan fingerprint density at radius 2 is 2.21 bits per heavy atom. The first kappa shape index (κ1) is 12.7. The molecule has 0 bridgehead atoms. The molecular formula is C10H12N6O3. The van der Waals surface area contributed by atoms with Gasteiger partial charge in [-0.1, -0.05) is 5.21 Å².